The number of piperazine rings is 1. The Morgan fingerprint density at radius 3 is 2.38 bits per heavy atom. The standard InChI is InChI=1S/C13H24N4O3S/c1-11(18)21-9-8-16(3)13(20)14-10-12(19)17-6-4-15(2)5-7-17/h4-10H2,1-3H3,(H,14,20). The first kappa shape index (κ1) is 17.8. The van der Waals surface area contributed by atoms with Crippen LogP contribution in [0.25, 0.3) is 0 Å². The van der Waals surface area contributed by atoms with E-state index in [2.05, 4.69) is 10.2 Å². The molecule has 0 spiro atoms. The van der Waals surface area contributed by atoms with Crippen molar-refractivity contribution in [1.29, 1.82) is 0 Å². The first-order chi connectivity index (χ1) is 9.90. The van der Waals surface area contributed by atoms with Gasteiger partial charge in [-0.25, -0.2) is 4.79 Å². The van der Waals surface area contributed by atoms with Crippen LogP contribution in [0, 0.1) is 0 Å². The Morgan fingerprint density at radius 1 is 1.19 bits per heavy atom. The summed E-state index contributed by atoms with van der Waals surface area (Å²) < 4.78 is 0. The van der Waals surface area contributed by atoms with Crippen molar-refractivity contribution in [3.05, 3.63) is 0 Å². The highest BCUT2D eigenvalue weighted by molar-refractivity contribution is 8.13. The summed E-state index contributed by atoms with van der Waals surface area (Å²) in [6, 6.07) is -0.290. The van der Waals surface area contributed by atoms with E-state index in [0.717, 1.165) is 13.1 Å². The van der Waals surface area contributed by atoms with E-state index in [4.69, 9.17) is 0 Å². The Balaban J connectivity index is 2.22. The van der Waals surface area contributed by atoms with Crippen LogP contribution in [0.1, 0.15) is 6.92 Å². The van der Waals surface area contributed by atoms with Crippen LogP contribution in [-0.2, 0) is 9.59 Å². The molecule has 120 valence electrons. The maximum atomic E-state index is 12.0. The Hall–Kier alpha value is -1.28. The molecule has 0 atom stereocenters. The summed E-state index contributed by atoms with van der Waals surface area (Å²) in [5.41, 5.74) is 0. The molecule has 1 heterocycles. The molecule has 3 amide bonds. The third-order valence-electron chi connectivity index (χ3n) is 3.33. The van der Waals surface area contributed by atoms with Crippen molar-refractivity contribution in [1.82, 2.24) is 20.0 Å². The highest BCUT2D eigenvalue weighted by atomic mass is 32.2. The average molecular weight is 316 g/mol. The molecule has 21 heavy (non-hydrogen) atoms. The zero-order valence-electron chi connectivity index (χ0n) is 12.9. The van der Waals surface area contributed by atoms with Crippen LogP contribution in [0.4, 0.5) is 4.79 Å². The number of carbonyl (C=O) groups is 3. The Morgan fingerprint density at radius 2 is 1.81 bits per heavy atom. The van der Waals surface area contributed by atoms with Crippen LogP contribution in [0.15, 0.2) is 0 Å². The summed E-state index contributed by atoms with van der Waals surface area (Å²) in [5.74, 6) is 0.508. The number of likely N-dealkylation sites (N-methyl/N-ethyl adjacent to an activating group) is 1. The molecule has 0 aromatic carbocycles. The highest BCUT2D eigenvalue weighted by Gasteiger charge is 2.19. The van der Waals surface area contributed by atoms with Gasteiger partial charge in [0.1, 0.15) is 0 Å². The molecule has 1 N–H and O–H groups in total. The fourth-order valence-electron chi connectivity index (χ4n) is 1.88. The monoisotopic (exact) mass is 316 g/mol. The molecule has 0 saturated carbocycles. The molecule has 7 nitrogen and oxygen atoms in total. The van der Waals surface area contributed by atoms with Crippen molar-refractivity contribution in [2.24, 2.45) is 0 Å². The minimum atomic E-state index is -0.290. The molecule has 1 aliphatic heterocycles. The predicted molar refractivity (Wildman–Crippen MR) is 83.2 cm³/mol. The van der Waals surface area contributed by atoms with Gasteiger partial charge in [0.25, 0.3) is 0 Å². The van der Waals surface area contributed by atoms with Crippen LogP contribution >= 0.6 is 11.8 Å². The first-order valence-corrected chi connectivity index (χ1v) is 7.97. The zero-order valence-corrected chi connectivity index (χ0v) is 13.7. The maximum Gasteiger partial charge on any atom is 0.317 e. The summed E-state index contributed by atoms with van der Waals surface area (Å²) in [7, 11) is 3.67. The van der Waals surface area contributed by atoms with E-state index in [1.54, 1.807) is 11.9 Å². The van der Waals surface area contributed by atoms with Crippen molar-refractivity contribution in [2.45, 2.75) is 6.92 Å². The van der Waals surface area contributed by atoms with Gasteiger partial charge in [0.2, 0.25) is 5.91 Å². The summed E-state index contributed by atoms with van der Waals surface area (Å²) >= 11 is 1.18. The van der Waals surface area contributed by atoms with Crippen LogP contribution in [0.5, 0.6) is 0 Å². The van der Waals surface area contributed by atoms with Crippen LogP contribution < -0.4 is 5.32 Å². The van der Waals surface area contributed by atoms with E-state index < -0.39 is 0 Å². The van der Waals surface area contributed by atoms with Crippen molar-refractivity contribution < 1.29 is 14.4 Å². The van der Waals surface area contributed by atoms with Crippen molar-refractivity contribution in [3.8, 4) is 0 Å². The van der Waals surface area contributed by atoms with Gasteiger partial charge in [-0.05, 0) is 7.05 Å². The molecule has 0 aromatic heterocycles. The molecular weight excluding hydrogens is 292 g/mol. The van der Waals surface area contributed by atoms with Gasteiger partial charge in [0, 0.05) is 52.4 Å². The number of hydrogen-bond acceptors (Lipinski definition) is 5. The summed E-state index contributed by atoms with van der Waals surface area (Å²) in [6.45, 7) is 5.13. The summed E-state index contributed by atoms with van der Waals surface area (Å²) in [5, 5.41) is 2.65. The van der Waals surface area contributed by atoms with Gasteiger partial charge in [-0.2, -0.15) is 0 Å². The van der Waals surface area contributed by atoms with Crippen LogP contribution in [-0.4, -0.2) is 90.9 Å². The molecule has 1 rings (SSSR count). The van der Waals surface area contributed by atoms with Crippen molar-refractivity contribution in [3.63, 3.8) is 0 Å². The summed E-state index contributed by atoms with van der Waals surface area (Å²) in [6.07, 6.45) is 0. The highest BCUT2D eigenvalue weighted by Crippen LogP contribution is 2.01. The van der Waals surface area contributed by atoms with Crippen molar-refractivity contribution in [2.75, 3.05) is 59.1 Å². The number of rotatable bonds is 5. The van der Waals surface area contributed by atoms with E-state index >= 15 is 0 Å². The third kappa shape index (κ3) is 6.81. The second-order valence-corrected chi connectivity index (χ2v) is 6.38. The molecule has 0 aliphatic carbocycles. The lowest BCUT2D eigenvalue weighted by atomic mass is 10.3. The number of nitrogens with one attached hydrogen (secondary N) is 1. The van der Waals surface area contributed by atoms with E-state index in [-0.39, 0.29) is 23.6 Å². The maximum absolute atomic E-state index is 12.0. The SMILES string of the molecule is CC(=O)SCCN(C)C(=O)NCC(=O)N1CCN(C)CC1. The number of urea groups is 1. The molecule has 0 bridgehead atoms. The van der Waals surface area contributed by atoms with Crippen LogP contribution in [0.3, 0.4) is 0 Å². The smallest absolute Gasteiger partial charge is 0.317 e. The molecule has 1 saturated heterocycles. The lowest BCUT2D eigenvalue weighted by Crippen LogP contribution is -2.51. The number of nitrogens with zero attached hydrogens (tertiary/aromatic N) is 3. The molecule has 1 fully saturated rings. The normalized spacial score (nSPS) is 15.7. The molecule has 8 heteroatoms. The van der Waals surface area contributed by atoms with Gasteiger partial charge in [0.05, 0.1) is 6.54 Å². The third-order valence-corrected chi connectivity index (χ3v) is 4.12. The molecule has 1 aliphatic rings. The molecular formula is C13H24N4O3S. The first-order valence-electron chi connectivity index (χ1n) is 6.99. The molecule has 0 radical (unpaired) electrons. The number of carbonyl (C=O) groups excluding carboxylic acids is 3. The lowest BCUT2D eigenvalue weighted by molar-refractivity contribution is -0.131. The number of amides is 3. The van der Waals surface area contributed by atoms with E-state index in [1.807, 2.05) is 7.05 Å². The number of thioether (sulfide) groups is 1. The van der Waals surface area contributed by atoms with Gasteiger partial charge >= 0.3 is 6.03 Å². The van der Waals surface area contributed by atoms with E-state index in [9.17, 15) is 14.4 Å². The average Bonchev–Trinajstić information content (AvgIpc) is 2.44. The zero-order chi connectivity index (χ0) is 15.8. The van der Waals surface area contributed by atoms with Gasteiger partial charge in [0.15, 0.2) is 5.12 Å². The number of hydrogen-bond donors (Lipinski definition) is 1. The van der Waals surface area contributed by atoms with E-state index in [0.29, 0.717) is 25.4 Å². The topological polar surface area (TPSA) is 73.0 Å². The second kappa shape index (κ2) is 8.89. The minimum absolute atomic E-state index is 0.0206. The van der Waals surface area contributed by atoms with Crippen LogP contribution in [0.2, 0.25) is 0 Å². The predicted octanol–water partition coefficient (Wildman–Crippen LogP) is -0.318. The Kier molecular flexibility index (Phi) is 7.52. The fraction of sp³-hybridized carbons (Fsp3) is 0.769. The largest absolute Gasteiger partial charge is 0.339 e. The molecule has 0 unspecified atom stereocenters. The van der Waals surface area contributed by atoms with Gasteiger partial charge in [-0.15, -0.1) is 0 Å². The fourth-order valence-corrected chi connectivity index (χ4v) is 2.53. The lowest BCUT2D eigenvalue weighted by Gasteiger charge is -2.32. The minimum Gasteiger partial charge on any atom is -0.339 e. The summed E-state index contributed by atoms with van der Waals surface area (Å²) in [4.78, 5) is 40.0. The van der Waals surface area contributed by atoms with Gasteiger partial charge in [-0.3, -0.25) is 9.59 Å². The van der Waals surface area contributed by atoms with E-state index in [1.165, 1.54) is 23.6 Å². The van der Waals surface area contributed by atoms with Gasteiger partial charge in [-0.1, -0.05) is 11.8 Å². The Bertz CT molecular complexity index is 384. The second-order valence-electron chi connectivity index (χ2n) is 5.10. The van der Waals surface area contributed by atoms with Crippen molar-refractivity contribution >= 4 is 28.8 Å². The molecule has 0 aromatic rings. The quantitative estimate of drug-likeness (QED) is 0.753. The van der Waals surface area contributed by atoms with Gasteiger partial charge < -0.3 is 20.0 Å². The Labute approximate surface area is 130 Å².